The van der Waals surface area contributed by atoms with Crippen LogP contribution < -0.4 is 10.5 Å². The average Bonchev–Trinajstić information content (AvgIpc) is 3.09. The first kappa shape index (κ1) is 18.0. The molecule has 0 radical (unpaired) electrons. The van der Waals surface area contributed by atoms with Crippen molar-refractivity contribution >= 4 is 11.8 Å². The molecule has 1 aromatic heterocycles. The number of fused-ring (bicyclic) bond motifs is 1. The Hall–Kier alpha value is -2.39. The molecule has 4 rings (SSSR count). The molecule has 1 atom stereocenters. The topological polar surface area (TPSA) is 87.7 Å². The Morgan fingerprint density at radius 1 is 1.26 bits per heavy atom. The molecule has 0 bridgehead atoms. The minimum atomic E-state index is -0.00795. The number of hydrogen-bond acceptors (Lipinski definition) is 5. The van der Waals surface area contributed by atoms with Crippen LogP contribution in [0.4, 0.5) is 0 Å². The quantitative estimate of drug-likeness (QED) is 0.747. The summed E-state index contributed by atoms with van der Waals surface area (Å²) in [6.45, 7) is 2.09. The third kappa shape index (κ3) is 3.57. The average molecular weight is 381 g/mol. The summed E-state index contributed by atoms with van der Waals surface area (Å²) in [5, 5.41) is 17.3. The number of nitrogens with two attached hydrogens (primary N) is 1. The molecule has 2 heterocycles. The van der Waals surface area contributed by atoms with E-state index in [-0.39, 0.29) is 11.8 Å². The number of nitrogens with zero attached hydrogens (tertiary/aromatic N) is 2. The van der Waals surface area contributed by atoms with Crippen LogP contribution in [-0.4, -0.2) is 10.2 Å². The van der Waals surface area contributed by atoms with Crippen LogP contribution >= 0.6 is 11.8 Å². The van der Waals surface area contributed by atoms with E-state index in [1.54, 1.807) is 11.8 Å². The SMILES string of the molecule is Cc1ccc(SCc2[nH]nc3c2[C@@H](C2CCCCC2)C(C#N)=C(N)O3)cc1. The number of benzene rings is 1. The van der Waals surface area contributed by atoms with Crippen molar-refractivity contribution in [2.45, 2.75) is 55.6 Å². The number of nitrogens with one attached hydrogen (secondary N) is 1. The van der Waals surface area contributed by atoms with Crippen molar-refractivity contribution < 1.29 is 4.74 Å². The molecule has 1 fully saturated rings. The van der Waals surface area contributed by atoms with Crippen molar-refractivity contribution in [3.8, 4) is 11.9 Å². The molecule has 0 spiro atoms. The number of rotatable bonds is 4. The lowest BCUT2D eigenvalue weighted by Crippen LogP contribution is -2.26. The third-order valence-electron chi connectivity index (χ3n) is 5.59. The van der Waals surface area contributed by atoms with Gasteiger partial charge in [0.15, 0.2) is 0 Å². The number of aromatic nitrogens is 2. The van der Waals surface area contributed by atoms with Gasteiger partial charge in [0.2, 0.25) is 11.8 Å². The molecule has 2 aliphatic rings. The highest BCUT2D eigenvalue weighted by Gasteiger charge is 2.39. The van der Waals surface area contributed by atoms with E-state index in [0.29, 0.717) is 17.4 Å². The minimum absolute atomic E-state index is 0.00795. The van der Waals surface area contributed by atoms with Gasteiger partial charge in [-0.3, -0.25) is 5.10 Å². The molecular formula is C21H24N4OS. The number of ether oxygens (including phenoxy) is 1. The van der Waals surface area contributed by atoms with Gasteiger partial charge in [-0.25, -0.2) is 0 Å². The Morgan fingerprint density at radius 3 is 2.70 bits per heavy atom. The third-order valence-corrected chi connectivity index (χ3v) is 6.63. The second-order valence-electron chi connectivity index (χ2n) is 7.39. The number of hydrogen-bond donors (Lipinski definition) is 2. The smallest absolute Gasteiger partial charge is 0.243 e. The molecule has 140 valence electrons. The zero-order valence-electron chi connectivity index (χ0n) is 15.5. The van der Waals surface area contributed by atoms with Gasteiger partial charge in [0.05, 0.1) is 11.3 Å². The first-order valence-corrected chi connectivity index (χ1v) is 10.5. The van der Waals surface area contributed by atoms with Gasteiger partial charge in [0.25, 0.3) is 0 Å². The van der Waals surface area contributed by atoms with Crippen LogP contribution in [0.3, 0.4) is 0 Å². The largest absolute Gasteiger partial charge is 0.420 e. The molecule has 0 unspecified atom stereocenters. The summed E-state index contributed by atoms with van der Waals surface area (Å²) < 4.78 is 5.69. The molecule has 0 amide bonds. The van der Waals surface area contributed by atoms with Crippen LogP contribution in [0.1, 0.15) is 54.8 Å². The van der Waals surface area contributed by atoms with Gasteiger partial charge in [0, 0.05) is 22.1 Å². The van der Waals surface area contributed by atoms with Gasteiger partial charge in [0.1, 0.15) is 6.07 Å². The van der Waals surface area contributed by atoms with E-state index in [1.807, 2.05) is 0 Å². The second kappa shape index (κ2) is 7.69. The number of H-pyrrole nitrogens is 1. The van der Waals surface area contributed by atoms with Crippen molar-refractivity contribution in [2.24, 2.45) is 11.7 Å². The van der Waals surface area contributed by atoms with E-state index >= 15 is 0 Å². The highest BCUT2D eigenvalue weighted by molar-refractivity contribution is 7.98. The molecule has 27 heavy (non-hydrogen) atoms. The number of aromatic amines is 1. The van der Waals surface area contributed by atoms with Gasteiger partial charge in [-0.2, -0.15) is 5.26 Å². The van der Waals surface area contributed by atoms with Crippen LogP contribution in [0.15, 0.2) is 40.6 Å². The predicted octanol–water partition coefficient (Wildman–Crippen LogP) is 4.76. The molecule has 6 heteroatoms. The molecule has 1 aromatic carbocycles. The van der Waals surface area contributed by atoms with E-state index in [4.69, 9.17) is 10.5 Å². The summed E-state index contributed by atoms with van der Waals surface area (Å²) >= 11 is 1.76. The van der Waals surface area contributed by atoms with Gasteiger partial charge in [-0.05, 0) is 37.8 Å². The Morgan fingerprint density at radius 2 is 2.00 bits per heavy atom. The summed E-state index contributed by atoms with van der Waals surface area (Å²) in [7, 11) is 0. The Labute approximate surface area is 164 Å². The fourth-order valence-corrected chi connectivity index (χ4v) is 5.05. The maximum absolute atomic E-state index is 9.75. The molecule has 3 N–H and O–H groups in total. The van der Waals surface area contributed by atoms with E-state index in [0.717, 1.165) is 29.9 Å². The molecule has 1 aliphatic heterocycles. The normalized spacial score (nSPS) is 20.1. The number of aryl methyl sites for hydroxylation is 1. The maximum Gasteiger partial charge on any atom is 0.243 e. The second-order valence-corrected chi connectivity index (χ2v) is 8.44. The molecule has 2 aromatic rings. The number of allylic oxidation sites excluding steroid dienone is 1. The fourth-order valence-electron chi connectivity index (χ4n) is 4.19. The van der Waals surface area contributed by atoms with E-state index in [1.165, 1.54) is 29.7 Å². The fraction of sp³-hybridized carbons (Fsp3) is 0.429. The highest BCUT2D eigenvalue weighted by Crippen LogP contribution is 2.48. The van der Waals surface area contributed by atoms with Crippen molar-refractivity contribution in [2.75, 3.05) is 0 Å². The van der Waals surface area contributed by atoms with E-state index in [2.05, 4.69) is 47.5 Å². The number of nitriles is 1. The first-order valence-electron chi connectivity index (χ1n) is 9.51. The molecule has 0 saturated heterocycles. The van der Waals surface area contributed by atoms with Gasteiger partial charge < -0.3 is 10.5 Å². The summed E-state index contributed by atoms with van der Waals surface area (Å²) in [5.41, 5.74) is 9.95. The Bertz CT molecular complexity index is 888. The van der Waals surface area contributed by atoms with Crippen LogP contribution in [0.25, 0.3) is 0 Å². The zero-order chi connectivity index (χ0) is 18.8. The van der Waals surface area contributed by atoms with Crippen LogP contribution in [-0.2, 0) is 5.75 Å². The Balaban J connectivity index is 1.64. The van der Waals surface area contributed by atoms with E-state index < -0.39 is 0 Å². The van der Waals surface area contributed by atoms with Crippen LogP contribution in [0, 0.1) is 24.2 Å². The van der Waals surface area contributed by atoms with Crippen molar-refractivity contribution in [1.29, 1.82) is 5.26 Å². The van der Waals surface area contributed by atoms with Crippen molar-refractivity contribution in [3.63, 3.8) is 0 Å². The van der Waals surface area contributed by atoms with Crippen LogP contribution in [0.2, 0.25) is 0 Å². The minimum Gasteiger partial charge on any atom is -0.420 e. The zero-order valence-corrected chi connectivity index (χ0v) is 16.3. The molecule has 1 saturated carbocycles. The van der Waals surface area contributed by atoms with Gasteiger partial charge in [-0.15, -0.1) is 16.9 Å². The number of thioether (sulfide) groups is 1. The summed E-state index contributed by atoms with van der Waals surface area (Å²) in [4.78, 5) is 1.21. The van der Waals surface area contributed by atoms with E-state index in [9.17, 15) is 5.26 Å². The first-order chi connectivity index (χ1) is 13.2. The maximum atomic E-state index is 9.75. The Kier molecular flexibility index (Phi) is 5.13. The lowest BCUT2D eigenvalue weighted by molar-refractivity contribution is 0.296. The molecular weight excluding hydrogens is 356 g/mol. The summed E-state index contributed by atoms with van der Waals surface area (Å²) in [6, 6.07) is 10.8. The van der Waals surface area contributed by atoms with Gasteiger partial charge >= 0.3 is 0 Å². The van der Waals surface area contributed by atoms with Crippen molar-refractivity contribution in [1.82, 2.24) is 10.2 Å². The molecule has 5 nitrogen and oxygen atoms in total. The lowest BCUT2D eigenvalue weighted by Gasteiger charge is -2.33. The standard InChI is InChI=1S/C21H24N4OS/c1-13-7-9-15(10-8-13)27-12-17-19-18(14-5-3-2-4-6-14)16(11-22)20(23)26-21(19)25-24-17/h7-10,14,18H,2-6,12,23H2,1H3,(H,24,25)/t18-/m0/s1. The van der Waals surface area contributed by atoms with Crippen molar-refractivity contribution in [3.05, 3.63) is 52.5 Å². The monoisotopic (exact) mass is 380 g/mol. The summed E-state index contributed by atoms with van der Waals surface area (Å²) in [6.07, 6.45) is 5.94. The highest BCUT2D eigenvalue weighted by atomic mass is 32.2. The van der Waals surface area contributed by atoms with Crippen LogP contribution in [0.5, 0.6) is 5.88 Å². The summed E-state index contributed by atoms with van der Waals surface area (Å²) in [5.74, 6) is 1.93. The lowest BCUT2D eigenvalue weighted by atomic mass is 9.73. The molecule has 1 aliphatic carbocycles. The predicted molar refractivity (Wildman–Crippen MR) is 106 cm³/mol. The van der Waals surface area contributed by atoms with Gasteiger partial charge in [-0.1, -0.05) is 37.0 Å².